The van der Waals surface area contributed by atoms with Crippen LogP contribution in [0.25, 0.3) is 11.3 Å². The van der Waals surface area contributed by atoms with Gasteiger partial charge in [0.15, 0.2) is 5.82 Å². The average Bonchev–Trinajstić information content (AvgIpc) is 2.73. The van der Waals surface area contributed by atoms with E-state index >= 15 is 0 Å². The van der Waals surface area contributed by atoms with E-state index in [9.17, 15) is 9.59 Å². The fourth-order valence-corrected chi connectivity index (χ4v) is 2.46. The Balaban J connectivity index is 1.66. The smallest absolute Gasteiger partial charge is 0.264 e. The van der Waals surface area contributed by atoms with E-state index in [0.29, 0.717) is 36.2 Å². The van der Waals surface area contributed by atoms with Crippen LogP contribution in [0, 0.1) is 0 Å². The van der Waals surface area contributed by atoms with Gasteiger partial charge in [0.2, 0.25) is 11.8 Å². The van der Waals surface area contributed by atoms with Gasteiger partial charge in [0, 0.05) is 45.7 Å². The van der Waals surface area contributed by atoms with Gasteiger partial charge in [-0.2, -0.15) is 10.1 Å². The Hall–Kier alpha value is -3.75. The molecule has 1 amide bonds. The highest BCUT2D eigenvalue weighted by Crippen LogP contribution is 2.24. The lowest BCUT2D eigenvalue weighted by Crippen LogP contribution is -2.33. The lowest BCUT2D eigenvalue weighted by Gasteiger charge is -2.22. The molecular weight excluding hydrogens is 372 g/mol. The maximum atomic E-state index is 11.3. The molecule has 0 radical (unpaired) electrons. The van der Waals surface area contributed by atoms with Gasteiger partial charge in [0.25, 0.3) is 5.56 Å². The van der Waals surface area contributed by atoms with Crippen molar-refractivity contribution in [3.63, 3.8) is 0 Å². The maximum Gasteiger partial charge on any atom is 0.264 e. The number of aromatic amines is 1. The summed E-state index contributed by atoms with van der Waals surface area (Å²) in [5.41, 5.74) is 1.27. The zero-order valence-corrected chi connectivity index (χ0v) is 16.5. The van der Waals surface area contributed by atoms with E-state index in [0.717, 1.165) is 5.56 Å². The molecule has 0 aliphatic carbocycles. The Labute approximate surface area is 168 Å². The summed E-state index contributed by atoms with van der Waals surface area (Å²) in [4.78, 5) is 34.6. The summed E-state index contributed by atoms with van der Waals surface area (Å²) in [6.07, 6.45) is 3.18. The van der Waals surface area contributed by atoms with Gasteiger partial charge >= 0.3 is 0 Å². The zero-order chi connectivity index (χ0) is 20.8. The third kappa shape index (κ3) is 5.38. The number of likely N-dealkylation sites (N-methyl/N-ethyl adjacent to an activating group) is 2. The van der Waals surface area contributed by atoms with Gasteiger partial charge in [-0.3, -0.25) is 14.6 Å². The minimum Gasteiger partial charge on any atom is -0.437 e. The van der Waals surface area contributed by atoms with Crippen LogP contribution < -0.4 is 15.2 Å². The van der Waals surface area contributed by atoms with E-state index < -0.39 is 0 Å². The molecule has 0 saturated heterocycles. The quantitative estimate of drug-likeness (QED) is 0.653. The minimum absolute atomic E-state index is 0.0158. The van der Waals surface area contributed by atoms with Gasteiger partial charge in [0.05, 0.1) is 18.1 Å². The first-order valence-electron chi connectivity index (χ1n) is 9.01. The molecule has 150 valence electrons. The number of nitrogens with one attached hydrogen (secondary N) is 1. The van der Waals surface area contributed by atoms with Crippen LogP contribution >= 0.6 is 0 Å². The second kappa shape index (κ2) is 8.96. The van der Waals surface area contributed by atoms with E-state index in [1.807, 2.05) is 24.1 Å². The monoisotopic (exact) mass is 394 g/mol. The summed E-state index contributed by atoms with van der Waals surface area (Å²) in [5.74, 6) is 1.63. The fourth-order valence-electron chi connectivity index (χ4n) is 2.46. The van der Waals surface area contributed by atoms with Gasteiger partial charge in [0.1, 0.15) is 5.75 Å². The van der Waals surface area contributed by atoms with Gasteiger partial charge in [-0.05, 0) is 30.3 Å². The number of benzene rings is 1. The number of ether oxygens (including phenoxy) is 1. The number of hydrogen-bond donors (Lipinski definition) is 1. The molecule has 0 aliphatic heterocycles. The lowest BCUT2D eigenvalue weighted by molar-refractivity contribution is -0.127. The van der Waals surface area contributed by atoms with Gasteiger partial charge in [-0.15, -0.1) is 0 Å². The van der Waals surface area contributed by atoms with Crippen molar-refractivity contribution in [1.29, 1.82) is 0 Å². The van der Waals surface area contributed by atoms with E-state index in [2.05, 4.69) is 20.2 Å². The molecule has 2 aromatic heterocycles. The molecule has 0 bridgehead atoms. The highest BCUT2D eigenvalue weighted by Gasteiger charge is 2.09. The molecule has 1 N–H and O–H groups in total. The fraction of sp³-hybridized carbons (Fsp3) is 0.250. The molecule has 0 aliphatic rings. The Morgan fingerprint density at radius 1 is 1.07 bits per heavy atom. The minimum atomic E-state index is -0.245. The summed E-state index contributed by atoms with van der Waals surface area (Å²) in [6.45, 7) is 2.74. The van der Waals surface area contributed by atoms with Gasteiger partial charge < -0.3 is 14.5 Å². The maximum absolute atomic E-state index is 11.3. The average molecular weight is 394 g/mol. The molecule has 1 aromatic carbocycles. The molecule has 0 spiro atoms. The first-order valence-corrected chi connectivity index (χ1v) is 9.01. The third-order valence-corrected chi connectivity index (χ3v) is 4.35. The van der Waals surface area contributed by atoms with Crippen molar-refractivity contribution in [1.82, 2.24) is 25.1 Å². The predicted octanol–water partition coefficient (Wildman–Crippen LogP) is 1.93. The second-order valence-electron chi connectivity index (χ2n) is 6.51. The van der Waals surface area contributed by atoms with E-state index in [1.165, 1.54) is 19.2 Å². The van der Waals surface area contributed by atoms with E-state index in [1.54, 1.807) is 36.3 Å². The molecule has 29 heavy (non-hydrogen) atoms. The number of carbonyl (C=O) groups excluding carboxylic acids is 1. The van der Waals surface area contributed by atoms with Crippen LogP contribution in [0.5, 0.6) is 11.6 Å². The molecule has 0 atom stereocenters. The SMILES string of the molecule is CC(=O)N(C)CCN(C)c1cncc(Oc2ccc(-c3ccc(=O)[nH]n3)cc2)n1. The molecule has 0 saturated carbocycles. The molecule has 9 nitrogen and oxygen atoms in total. The van der Waals surface area contributed by atoms with Crippen LogP contribution in [-0.4, -0.2) is 58.2 Å². The van der Waals surface area contributed by atoms with Crippen molar-refractivity contribution >= 4 is 11.7 Å². The van der Waals surface area contributed by atoms with Crippen LogP contribution in [0.3, 0.4) is 0 Å². The molecule has 2 heterocycles. The van der Waals surface area contributed by atoms with Crippen LogP contribution in [0.1, 0.15) is 6.92 Å². The van der Waals surface area contributed by atoms with Crippen molar-refractivity contribution in [2.75, 3.05) is 32.1 Å². The second-order valence-corrected chi connectivity index (χ2v) is 6.51. The first-order chi connectivity index (χ1) is 13.9. The zero-order valence-electron chi connectivity index (χ0n) is 16.5. The molecule has 9 heteroatoms. The first kappa shape index (κ1) is 20.0. The summed E-state index contributed by atoms with van der Waals surface area (Å²) >= 11 is 0. The number of rotatable bonds is 7. The number of anilines is 1. The highest BCUT2D eigenvalue weighted by molar-refractivity contribution is 5.72. The Morgan fingerprint density at radius 2 is 1.83 bits per heavy atom. The van der Waals surface area contributed by atoms with E-state index in [-0.39, 0.29) is 11.5 Å². The molecular formula is C20H22N6O3. The van der Waals surface area contributed by atoms with Crippen molar-refractivity contribution in [3.05, 3.63) is 59.1 Å². The Kier molecular flexibility index (Phi) is 6.18. The van der Waals surface area contributed by atoms with Crippen molar-refractivity contribution < 1.29 is 9.53 Å². The van der Waals surface area contributed by atoms with Gasteiger partial charge in [-0.1, -0.05) is 0 Å². The summed E-state index contributed by atoms with van der Waals surface area (Å²) in [5, 5.41) is 6.41. The van der Waals surface area contributed by atoms with Crippen molar-refractivity contribution in [3.8, 4) is 22.9 Å². The topological polar surface area (TPSA) is 104 Å². The number of amides is 1. The van der Waals surface area contributed by atoms with Crippen LogP contribution in [0.2, 0.25) is 0 Å². The predicted molar refractivity (Wildman–Crippen MR) is 109 cm³/mol. The number of H-pyrrole nitrogens is 1. The van der Waals surface area contributed by atoms with Crippen molar-refractivity contribution in [2.24, 2.45) is 0 Å². The van der Waals surface area contributed by atoms with E-state index in [4.69, 9.17) is 4.74 Å². The molecule has 0 fully saturated rings. The molecule has 3 rings (SSSR count). The van der Waals surface area contributed by atoms with Crippen LogP contribution in [0.15, 0.2) is 53.6 Å². The van der Waals surface area contributed by atoms with Crippen LogP contribution in [-0.2, 0) is 4.79 Å². The number of carbonyl (C=O) groups is 1. The normalized spacial score (nSPS) is 10.4. The van der Waals surface area contributed by atoms with Crippen LogP contribution in [0.4, 0.5) is 5.82 Å². The summed E-state index contributed by atoms with van der Waals surface area (Å²) in [7, 11) is 3.64. The summed E-state index contributed by atoms with van der Waals surface area (Å²) in [6, 6.07) is 10.4. The standard InChI is InChI=1S/C20H22N6O3/c1-14(27)25(2)10-11-26(3)18-12-21-13-20(22-18)29-16-6-4-15(5-7-16)17-8-9-19(28)24-23-17/h4-9,12-13H,10-11H2,1-3H3,(H,24,28). The number of aromatic nitrogens is 4. The highest BCUT2D eigenvalue weighted by atomic mass is 16.5. The van der Waals surface area contributed by atoms with Gasteiger partial charge in [-0.25, -0.2) is 5.10 Å². The largest absolute Gasteiger partial charge is 0.437 e. The Morgan fingerprint density at radius 3 is 2.48 bits per heavy atom. The Bertz CT molecular complexity index is 1010. The lowest BCUT2D eigenvalue weighted by atomic mass is 10.1. The number of nitrogens with zero attached hydrogens (tertiary/aromatic N) is 5. The van der Waals surface area contributed by atoms with Crippen molar-refractivity contribution in [2.45, 2.75) is 6.92 Å². The summed E-state index contributed by atoms with van der Waals surface area (Å²) < 4.78 is 5.80. The third-order valence-electron chi connectivity index (χ3n) is 4.35. The number of hydrogen-bond acceptors (Lipinski definition) is 7. The molecule has 0 unspecified atom stereocenters. The molecule has 3 aromatic rings.